The lowest BCUT2D eigenvalue weighted by atomic mass is 9.93. The molecule has 2 aliphatic rings. The van der Waals surface area contributed by atoms with Gasteiger partial charge in [-0.25, -0.2) is 0 Å². The maximum Gasteiger partial charge on any atom is 0.133 e. The van der Waals surface area contributed by atoms with Gasteiger partial charge in [0.2, 0.25) is 0 Å². The number of fused-ring (bicyclic) bond motifs is 2. The van der Waals surface area contributed by atoms with Gasteiger partial charge in [-0.1, -0.05) is 0 Å². The van der Waals surface area contributed by atoms with Gasteiger partial charge in [0.25, 0.3) is 0 Å². The van der Waals surface area contributed by atoms with E-state index in [1.54, 1.807) is 6.92 Å². The van der Waals surface area contributed by atoms with E-state index in [1.165, 1.54) is 0 Å². The van der Waals surface area contributed by atoms with Gasteiger partial charge in [0.05, 0.1) is 6.10 Å². The van der Waals surface area contributed by atoms with E-state index in [1.807, 2.05) is 0 Å². The van der Waals surface area contributed by atoms with Gasteiger partial charge >= 0.3 is 0 Å². The van der Waals surface area contributed by atoms with Crippen molar-refractivity contribution >= 4 is 5.78 Å². The van der Waals surface area contributed by atoms with E-state index in [9.17, 15) is 9.90 Å². The summed E-state index contributed by atoms with van der Waals surface area (Å²) >= 11 is 0. The van der Waals surface area contributed by atoms with Crippen LogP contribution in [-0.2, 0) is 4.79 Å². The maximum atomic E-state index is 11.1. The van der Waals surface area contributed by atoms with E-state index in [-0.39, 0.29) is 17.8 Å². The Morgan fingerprint density at radius 2 is 2.18 bits per heavy atom. The first-order chi connectivity index (χ1) is 5.20. The fraction of sp³-hybridized carbons (Fsp3) is 0.889. The molecule has 2 bridgehead atoms. The lowest BCUT2D eigenvalue weighted by Crippen LogP contribution is -2.20. The number of Topliss-reactive ketones (excluding diaryl/α,β-unsaturated/α-hetero) is 1. The Kier molecular flexibility index (Phi) is 1.53. The molecule has 2 rings (SSSR count). The largest absolute Gasteiger partial charge is 0.393 e. The lowest BCUT2D eigenvalue weighted by Gasteiger charge is -2.15. The second kappa shape index (κ2) is 2.31. The SMILES string of the molecule is CC(=O)C1[C@@H]2CC[C@H]1[C@H](O)C2. The fourth-order valence-electron chi connectivity index (χ4n) is 2.93. The van der Waals surface area contributed by atoms with Crippen LogP contribution in [0.4, 0.5) is 0 Å². The highest BCUT2D eigenvalue weighted by Crippen LogP contribution is 2.49. The van der Waals surface area contributed by atoms with Crippen LogP contribution in [0.15, 0.2) is 0 Å². The van der Waals surface area contributed by atoms with Crippen LogP contribution in [-0.4, -0.2) is 17.0 Å². The summed E-state index contributed by atoms with van der Waals surface area (Å²) in [7, 11) is 0. The Morgan fingerprint density at radius 1 is 1.45 bits per heavy atom. The number of carbonyl (C=O) groups excluding carboxylic acids is 1. The minimum absolute atomic E-state index is 0.178. The third-order valence-electron chi connectivity index (χ3n) is 3.35. The van der Waals surface area contributed by atoms with E-state index in [0.29, 0.717) is 11.8 Å². The van der Waals surface area contributed by atoms with Crippen molar-refractivity contribution in [3.8, 4) is 0 Å². The summed E-state index contributed by atoms with van der Waals surface area (Å²) in [6.07, 6.45) is 2.92. The zero-order chi connectivity index (χ0) is 8.01. The third kappa shape index (κ3) is 0.924. The van der Waals surface area contributed by atoms with Gasteiger partial charge in [0.1, 0.15) is 5.78 Å². The van der Waals surface area contributed by atoms with E-state index in [0.717, 1.165) is 19.3 Å². The molecule has 2 fully saturated rings. The smallest absolute Gasteiger partial charge is 0.133 e. The molecule has 62 valence electrons. The number of rotatable bonds is 1. The molecule has 4 atom stereocenters. The van der Waals surface area contributed by atoms with Crippen molar-refractivity contribution in [1.82, 2.24) is 0 Å². The molecule has 0 saturated heterocycles. The predicted molar refractivity (Wildman–Crippen MR) is 41.0 cm³/mol. The molecule has 0 aromatic carbocycles. The first kappa shape index (κ1) is 7.29. The highest BCUT2D eigenvalue weighted by atomic mass is 16.3. The first-order valence-corrected chi connectivity index (χ1v) is 4.38. The van der Waals surface area contributed by atoms with Gasteiger partial charge in [0, 0.05) is 5.92 Å². The van der Waals surface area contributed by atoms with Crippen LogP contribution < -0.4 is 0 Å². The molecule has 2 aliphatic carbocycles. The summed E-state index contributed by atoms with van der Waals surface area (Å²) in [5.41, 5.74) is 0. The summed E-state index contributed by atoms with van der Waals surface area (Å²) in [4.78, 5) is 11.1. The van der Waals surface area contributed by atoms with Crippen molar-refractivity contribution in [3.63, 3.8) is 0 Å². The highest BCUT2D eigenvalue weighted by molar-refractivity contribution is 5.79. The van der Waals surface area contributed by atoms with Crippen molar-refractivity contribution in [2.75, 3.05) is 0 Å². The monoisotopic (exact) mass is 154 g/mol. The molecule has 0 aliphatic heterocycles. The maximum absolute atomic E-state index is 11.1. The number of aliphatic hydroxyl groups is 1. The van der Waals surface area contributed by atoms with Crippen molar-refractivity contribution in [2.24, 2.45) is 17.8 Å². The number of ketones is 1. The summed E-state index contributed by atoms with van der Waals surface area (Å²) in [6.45, 7) is 1.66. The molecular weight excluding hydrogens is 140 g/mol. The Hall–Kier alpha value is -0.370. The molecule has 0 heterocycles. The van der Waals surface area contributed by atoms with Crippen LogP contribution in [0.1, 0.15) is 26.2 Å². The average molecular weight is 154 g/mol. The van der Waals surface area contributed by atoms with Crippen LogP contribution in [0.5, 0.6) is 0 Å². The minimum Gasteiger partial charge on any atom is -0.393 e. The molecule has 1 unspecified atom stereocenters. The Morgan fingerprint density at radius 3 is 2.45 bits per heavy atom. The summed E-state index contributed by atoms with van der Waals surface area (Å²) < 4.78 is 0. The zero-order valence-electron chi connectivity index (χ0n) is 6.79. The number of hydrogen-bond acceptors (Lipinski definition) is 2. The van der Waals surface area contributed by atoms with Crippen LogP contribution >= 0.6 is 0 Å². The van der Waals surface area contributed by atoms with Crippen molar-refractivity contribution in [3.05, 3.63) is 0 Å². The number of hydrogen-bond donors (Lipinski definition) is 1. The van der Waals surface area contributed by atoms with Gasteiger partial charge < -0.3 is 5.11 Å². The molecule has 2 nitrogen and oxygen atoms in total. The molecule has 0 amide bonds. The molecule has 0 radical (unpaired) electrons. The minimum atomic E-state index is -0.178. The Labute approximate surface area is 66.6 Å². The van der Waals surface area contributed by atoms with E-state index in [2.05, 4.69) is 0 Å². The lowest BCUT2D eigenvalue weighted by molar-refractivity contribution is -0.122. The van der Waals surface area contributed by atoms with Crippen LogP contribution in [0.3, 0.4) is 0 Å². The molecule has 1 N–H and O–H groups in total. The molecule has 2 saturated carbocycles. The quantitative estimate of drug-likeness (QED) is 0.611. The molecule has 2 heteroatoms. The topological polar surface area (TPSA) is 37.3 Å². The van der Waals surface area contributed by atoms with Crippen molar-refractivity contribution in [2.45, 2.75) is 32.3 Å². The van der Waals surface area contributed by atoms with Crippen LogP contribution in [0, 0.1) is 17.8 Å². The van der Waals surface area contributed by atoms with Crippen molar-refractivity contribution < 1.29 is 9.90 Å². The second-order valence-corrected chi connectivity index (χ2v) is 3.94. The standard InChI is InChI=1S/C9H14O2/c1-5(10)9-6-2-3-7(9)8(11)4-6/h6-9,11H,2-4H2,1H3/t6-,7+,8-,9?/m1/s1. The zero-order valence-corrected chi connectivity index (χ0v) is 6.79. The van der Waals surface area contributed by atoms with E-state index >= 15 is 0 Å². The highest BCUT2D eigenvalue weighted by Gasteiger charge is 2.49. The summed E-state index contributed by atoms with van der Waals surface area (Å²) in [6, 6.07) is 0. The summed E-state index contributed by atoms with van der Waals surface area (Å²) in [5, 5.41) is 9.49. The number of aliphatic hydroxyl groups excluding tert-OH is 1. The van der Waals surface area contributed by atoms with Gasteiger partial charge in [-0.15, -0.1) is 0 Å². The summed E-state index contributed by atoms with van der Waals surface area (Å²) in [5.74, 6) is 1.30. The van der Waals surface area contributed by atoms with Crippen LogP contribution in [0.25, 0.3) is 0 Å². The molecule has 0 spiro atoms. The fourth-order valence-corrected chi connectivity index (χ4v) is 2.93. The Bertz CT molecular complexity index is 188. The van der Waals surface area contributed by atoms with E-state index in [4.69, 9.17) is 0 Å². The van der Waals surface area contributed by atoms with Gasteiger partial charge in [-0.05, 0) is 38.0 Å². The number of carbonyl (C=O) groups is 1. The first-order valence-electron chi connectivity index (χ1n) is 4.38. The van der Waals surface area contributed by atoms with Crippen molar-refractivity contribution in [1.29, 1.82) is 0 Å². The third-order valence-corrected chi connectivity index (χ3v) is 3.35. The van der Waals surface area contributed by atoms with Gasteiger partial charge in [-0.3, -0.25) is 4.79 Å². The molecule has 0 aromatic rings. The van der Waals surface area contributed by atoms with E-state index < -0.39 is 0 Å². The molecular formula is C9H14O2. The Balaban J connectivity index is 2.19. The van der Waals surface area contributed by atoms with Gasteiger partial charge in [-0.2, -0.15) is 0 Å². The predicted octanol–water partition coefficient (Wildman–Crippen LogP) is 0.982. The normalized spacial score (nSPS) is 48.2. The average Bonchev–Trinajstić information content (AvgIpc) is 2.41. The molecule has 11 heavy (non-hydrogen) atoms. The second-order valence-electron chi connectivity index (χ2n) is 3.94. The van der Waals surface area contributed by atoms with Crippen LogP contribution in [0.2, 0.25) is 0 Å². The molecule has 0 aromatic heterocycles. The van der Waals surface area contributed by atoms with Gasteiger partial charge in [0.15, 0.2) is 0 Å².